The molecule has 0 saturated carbocycles. The quantitative estimate of drug-likeness (QED) is 0.166. The van der Waals surface area contributed by atoms with Crippen LogP contribution in [0, 0.1) is 0 Å². The smallest absolute Gasteiger partial charge is 0.333 e. The molecule has 1 amide bonds. The van der Waals surface area contributed by atoms with Crippen LogP contribution < -0.4 is 19.5 Å². The van der Waals surface area contributed by atoms with Gasteiger partial charge in [-0.2, -0.15) is 18.2 Å². The van der Waals surface area contributed by atoms with Crippen LogP contribution in [0.15, 0.2) is 96.0 Å². The Labute approximate surface area is 265 Å². The Morgan fingerprint density at radius 2 is 1.46 bits per heavy atom. The second kappa shape index (κ2) is 14.0. The Balaban J connectivity index is 1.56. The van der Waals surface area contributed by atoms with E-state index in [2.05, 4.69) is 10.4 Å². The Hall–Kier alpha value is -5.01. The van der Waals surface area contributed by atoms with E-state index in [4.69, 9.17) is 14.2 Å². The van der Waals surface area contributed by atoms with Crippen LogP contribution in [0.4, 0.5) is 14.5 Å². The summed E-state index contributed by atoms with van der Waals surface area (Å²) in [6, 6.07) is 23.5. The summed E-state index contributed by atoms with van der Waals surface area (Å²) in [6.45, 7) is -3.11. The number of alkyl halides is 2. The minimum Gasteiger partial charge on any atom is -0.497 e. The van der Waals surface area contributed by atoms with Crippen molar-refractivity contribution in [3.63, 3.8) is 0 Å². The number of para-hydroxylation sites is 1. The number of aromatic nitrogens is 2. The standard InChI is InChI=1S/C33H32F2N4O6S/c1-43-26-12-8-22(9-13-26)19-38(20-23-10-14-27(44-2)15-11-23)46(41,42)31-18-25(17-29-28(31)21-39(37-29)33(34)35)36-32(40)16-24-6-4-5-7-30(24)45-3/h4-15,17-18,21,33H,16,19-20H2,1-3H3,(H,36,40). The van der Waals surface area contributed by atoms with Crippen molar-refractivity contribution in [2.24, 2.45) is 0 Å². The number of sulfonamides is 1. The van der Waals surface area contributed by atoms with E-state index in [9.17, 15) is 22.0 Å². The van der Waals surface area contributed by atoms with Gasteiger partial charge in [0.25, 0.3) is 0 Å². The number of methoxy groups -OCH3 is 3. The van der Waals surface area contributed by atoms with Gasteiger partial charge in [-0.15, -0.1) is 0 Å². The molecule has 1 aromatic heterocycles. The summed E-state index contributed by atoms with van der Waals surface area (Å²) < 4.78 is 74.0. The van der Waals surface area contributed by atoms with E-state index in [0.717, 1.165) is 6.20 Å². The molecule has 1 N–H and O–H groups in total. The molecule has 5 aromatic rings. The topological polar surface area (TPSA) is 112 Å². The van der Waals surface area contributed by atoms with Crippen LogP contribution in [0.3, 0.4) is 0 Å². The summed E-state index contributed by atoms with van der Waals surface area (Å²) in [7, 11) is 0.157. The molecule has 0 unspecified atom stereocenters. The van der Waals surface area contributed by atoms with Gasteiger partial charge in [0.1, 0.15) is 17.2 Å². The Morgan fingerprint density at radius 3 is 2.00 bits per heavy atom. The van der Waals surface area contributed by atoms with Crippen LogP contribution in [0.5, 0.6) is 17.2 Å². The number of ether oxygens (including phenoxy) is 3. The molecule has 0 saturated heterocycles. The number of fused-ring (bicyclic) bond motifs is 1. The van der Waals surface area contributed by atoms with E-state index < -0.39 is 22.5 Å². The van der Waals surface area contributed by atoms with Gasteiger partial charge in [-0.05, 0) is 53.6 Å². The average molecular weight is 651 g/mol. The molecule has 0 aliphatic rings. The highest BCUT2D eigenvalue weighted by Crippen LogP contribution is 2.33. The second-order valence-electron chi connectivity index (χ2n) is 10.3. The third-order valence-corrected chi connectivity index (χ3v) is 9.12. The number of nitrogens with one attached hydrogen (secondary N) is 1. The van der Waals surface area contributed by atoms with Crippen LogP contribution in [-0.2, 0) is 34.3 Å². The molecular weight excluding hydrogens is 618 g/mol. The number of halogens is 2. The van der Waals surface area contributed by atoms with Gasteiger partial charge >= 0.3 is 6.55 Å². The number of benzene rings is 4. The molecule has 1 heterocycles. The molecular formula is C33H32F2N4O6S. The molecule has 0 radical (unpaired) electrons. The summed E-state index contributed by atoms with van der Waals surface area (Å²) in [4.78, 5) is 12.8. The van der Waals surface area contributed by atoms with Gasteiger partial charge in [-0.3, -0.25) is 4.79 Å². The summed E-state index contributed by atoms with van der Waals surface area (Å²) in [6.07, 6.45) is 0.920. The summed E-state index contributed by atoms with van der Waals surface area (Å²) in [5.74, 6) is 1.26. The van der Waals surface area contributed by atoms with Crippen LogP contribution in [0.25, 0.3) is 10.9 Å². The third kappa shape index (κ3) is 7.27. The zero-order chi connectivity index (χ0) is 32.8. The summed E-state index contributed by atoms with van der Waals surface area (Å²) in [5.41, 5.74) is 2.00. The fourth-order valence-electron chi connectivity index (χ4n) is 4.96. The maximum atomic E-state index is 14.5. The summed E-state index contributed by atoms with van der Waals surface area (Å²) >= 11 is 0. The molecule has 13 heteroatoms. The number of rotatable bonds is 13. The van der Waals surface area contributed by atoms with E-state index in [0.29, 0.717) is 38.6 Å². The molecule has 0 atom stereocenters. The highest BCUT2D eigenvalue weighted by Gasteiger charge is 2.29. The van der Waals surface area contributed by atoms with Gasteiger partial charge in [0.05, 0.1) is 38.2 Å². The molecule has 46 heavy (non-hydrogen) atoms. The van der Waals surface area contributed by atoms with Gasteiger partial charge in [0.15, 0.2) is 0 Å². The van der Waals surface area contributed by atoms with Crippen LogP contribution >= 0.6 is 0 Å². The highest BCUT2D eigenvalue weighted by atomic mass is 32.2. The SMILES string of the molecule is COc1ccc(CN(Cc2ccc(OC)cc2)S(=O)(=O)c2cc(NC(=O)Cc3ccccc3OC)cc3nn(C(F)F)cc23)cc1. The van der Waals surface area contributed by atoms with Gasteiger partial charge in [0, 0.05) is 35.9 Å². The number of anilines is 1. The molecule has 0 fully saturated rings. The lowest BCUT2D eigenvalue weighted by molar-refractivity contribution is -0.115. The van der Waals surface area contributed by atoms with E-state index in [1.165, 1.54) is 37.8 Å². The molecule has 0 aliphatic heterocycles. The molecule has 0 bridgehead atoms. The number of amides is 1. The van der Waals surface area contributed by atoms with Crippen LogP contribution in [0.2, 0.25) is 0 Å². The van der Waals surface area contributed by atoms with Gasteiger partial charge < -0.3 is 19.5 Å². The lowest BCUT2D eigenvalue weighted by atomic mass is 10.1. The van der Waals surface area contributed by atoms with Crippen molar-refractivity contribution in [2.45, 2.75) is 31.0 Å². The van der Waals surface area contributed by atoms with Crippen molar-refractivity contribution in [1.82, 2.24) is 14.1 Å². The molecule has 0 spiro atoms. The monoisotopic (exact) mass is 650 g/mol. The Morgan fingerprint density at radius 1 is 0.870 bits per heavy atom. The lowest BCUT2D eigenvalue weighted by Gasteiger charge is -2.23. The van der Waals surface area contributed by atoms with Crippen molar-refractivity contribution >= 4 is 32.5 Å². The third-order valence-electron chi connectivity index (χ3n) is 7.29. The largest absolute Gasteiger partial charge is 0.497 e. The first-order chi connectivity index (χ1) is 22.1. The Kier molecular flexibility index (Phi) is 9.83. The number of hydrogen-bond acceptors (Lipinski definition) is 7. The summed E-state index contributed by atoms with van der Waals surface area (Å²) in [5, 5.41) is 6.61. The zero-order valence-electron chi connectivity index (χ0n) is 25.3. The van der Waals surface area contributed by atoms with Crippen molar-refractivity contribution in [3.05, 3.63) is 108 Å². The molecule has 10 nitrogen and oxygen atoms in total. The number of hydrogen-bond donors (Lipinski definition) is 1. The minimum absolute atomic E-state index is 0.0162. The first-order valence-electron chi connectivity index (χ1n) is 14.1. The van der Waals surface area contributed by atoms with Crippen molar-refractivity contribution in [2.75, 3.05) is 26.6 Å². The van der Waals surface area contributed by atoms with Gasteiger partial charge in [-0.25, -0.2) is 13.1 Å². The Bertz CT molecular complexity index is 1880. The number of carbonyl (C=O) groups excluding carboxylic acids is 1. The van der Waals surface area contributed by atoms with Crippen LogP contribution in [0.1, 0.15) is 23.2 Å². The van der Waals surface area contributed by atoms with Crippen molar-refractivity contribution in [1.29, 1.82) is 0 Å². The highest BCUT2D eigenvalue weighted by molar-refractivity contribution is 7.89. The van der Waals surface area contributed by atoms with Gasteiger partial charge in [-0.1, -0.05) is 42.5 Å². The van der Waals surface area contributed by atoms with Crippen molar-refractivity contribution < 1.29 is 36.2 Å². The van der Waals surface area contributed by atoms with E-state index >= 15 is 0 Å². The number of carbonyl (C=O) groups is 1. The fourth-order valence-corrected chi connectivity index (χ4v) is 6.58. The fraction of sp³-hybridized carbons (Fsp3) is 0.212. The van der Waals surface area contributed by atoms with Crippen molar-refractivity contribution in [3.8, 4) is 17.2 Å². The predicted molar refractivity (Wildman–Crippen MR) is 169 cm³/mol. The maximum absolute atomic E-state index is 14.5. The normalized spacial score (nSPS) is 11.6. The number of nitrogens with zero attached hydrogens (tertiary/aromatic N) is 3. The van der Waals surface area contributed by atoms with Crippen LogP contribution in [-0.4, -0.2) is 49.7 Å². The predicted octanol–water partition coefficient (Wildman–Crippen LogP) is 6.03. The minimum atomic E-state index is -4.39. The first-order valence-corrected chi connectivity index (χ1v) is 15.5. The van der Waals surface area contributed by atoms with E-state index in [-0.39, 0.29) is 41.0 Å². The second-order valence-corrected chi connectivity index (χ2v) is 12.2. The molecule has 4 aromatic carbocycles. The molecule has 5 rings (SSSR count). The zero-order valence-corrected chi connectivity index (χ0v) is 26.1. The first kappa shape index (κ1) is 32.4. The molecule has 240 valence electrons. The lowest BCUT2D eigenvalue weighted by Crippen LogP contribution is -2.30. The van der Waals surface area contributed by atoms with Gasteiger partial charge in [0.2, 0.25) is 15.9 Å². The average Bonchev–Trinajstić information content (AvgIpc) is 3.49. The molecule has 0 aliphatic carbocycles. The van der Waals surface area contributed by atoms with E-state index in [1.54, 1.807) is 72.8 Å². The van der Waals surface area contributed by atoms with E-state index in [1.807, 2.05) is 0 Å². The maximum Gasteiger partial charge on any atom is 0.333 e.